The fraction of sp³-hybridized carbons (Fsp3) is 0. The number of hydrogen-bond acceptors (Lipinski definition) is 3. The Bertz CT molecular complexity index is 608. The lowest BCUT2D eigenvalue weighted by Gasteiger charge is -1.96. The smallest absolute Gasteiger partial charge is 0.377 e. The van der Waals surface area contributed by atoms with Crippen molar-refractivity contribution >= 4 is 22.8 Å². The number of H-pyrrole nitrogens is 2. The van der Waals surface area contributed by atoms with Crippen LogP contribution >= 0.6 is 0 Å². The molecule has 0 aliphatic carbocycles. The maximum absolute atomic E-state index is 11.2. The summed E-state index contributed by atoms with van der Waals surface area (Å²) in [6, 6.07) is 4.43. The first kappa shape index (κ1) is 9.20. The van der Waals surface area contributed by atoms with E-state index in [1.165, 1.54) is 12.1 Å². The molecule has 0 saturated carbocycles. The number of fused-ring (bicyclic) bond motifs is 1. The number of aromatic amines is 2. The molecule has 0 bridgehead atoms. The Morgan fingerprint density at radius 2 is 1.93 bits per heavy atom. The molecule has 6 nitrogen and oxygen atoms in total. The SMILES string of the molecule is O=C(O)C(=O)c1cccc2[nH]c(=O)[nH]c12. The lowest BCUT2D eigenvalue weighted by Crippen LogP contribution is -2.13. The molecule has 0 atom stereocenters. The van der Waals surface area contributed by atoms with E-state index in [4.69, 9.17) is 5.11 Å². The van der Waals surface area contributed by atoms with Gasteiger partial charge in [0.25, 0.3) is 5.78 Å². The summed E-state index contributed by atoms with van der Waals surface area (Å²) in [5.74, 6) is -2.60. The van der Waals surface area contributed by atoms with Gasteiger partial charge in [-0.3, -0.25) is 4.79 Å². The van der Waals surface area contributed by atoms with E-state index in [0.29, 0.717) is 5.52 Å². The number of aromatic nitrogens is 2. The van der Waals surface area contributed by atoms with E-state index in [-0.39, 0.29) is 11.1 Å². The Hall–Kier alpha value is -2.37. The van der Waals surface area contributed by atoms with Crippen molar-refractivity contribution in [3.8, 4) is 0 Å². The van der Waals surface area contributed by atoms with E-state index in [1.807, 2.05) is 0 Å². The van der Waals surface area contributed by atoms with Crippen LogP contribution in [0.4, 0.5) is 0 Å². The first-order chi connectivity index (χ1) is 7.09. The maximum atomic E-state index is 11.2. The summed E-state index contributed by atoms with van der Waals surface area (Å²) in [4.78, 5) is 37.5. The number of benzene rings is 1. The topological polar surface area (TPSA) is 103 Å². The number of nitrogens with one attached hydrogen (secondary N) is 2. The Kier molecular flexibility index (Phi) is 1.89. The van der Waals surface area contributed by atoms with Crippen LogP contribution in [0, 0.1) is 0 Å². The van der Waals surface area contributed by atoms with Gasteiger partial charge in [-0.05, 0) is 12.1 Å². The molecule has 2 rings (SSSR count). The molecule has 76 valence electrons. The Labute approximate surface area is 82.6 Å². The van der Waals surface area contributed by atoms with Crippen LogP contribution in [-0.4, -0.2) is 26.8 Å². The third-order valence-corrected chi connectivity index (χ3v) is 1.99. The average molecular weight is 206 g/mol. The zero-order valence-electron chi connectivity index (χ0n) is 7.40. The normalized spacial score (nSPS) is 10.4. The van der Waals surface area contributed by atoms with Gasteiger partial charge in [0, 0.05) is 0 Å². The molecule has 6 heteroatoms. The van der Waals surface area contributed by atoms with Crippen LogP contribution in [0.2, 0.25) is 0 Å². The van der Waals surface area contributed by atoms with E-state index in [0.717, 1.165) is 0 Å². The summed E-state index contributed by atoms with van der Waals surface area (Å²) in [6.45, 7) is 0. The Morgan fingerprint density at radius 1 is 1.20 bits per heavy atom. The van der Waals surface area contributed by atoms with Crippen molar-refractivity contribution in [3.05, 3.63) is 34.2 Å². The van der Waals surface area contributed by atoms with Gasteiger partial charge < -0.3 is 15.1 Å². The van der Waals surface area contributed by atoms with E-state index in [1.54, 1.807) is 6.07 Å². The van der Waals surface area contributed by atoms with Gasteiger partial charge in [0.05, 0.1) is 16.6 Å². The number of ketones is 1. The Morgan fingerprint density at radius 3 is 2.60 bits per heavy atom. The quantitative estimate of drug-likeness (QED) is 0.479. The second-order valence-electron chi connectivity index (χ2n) is 2.94. The van der Waals surface area contributed by atoms with Crippen LogP contribution in [0.15, 0.2) is 23.0 Å². The molecule has 0 amide bonds. The van der Waals surface area contributed by atoms with Crippen molar-refractivity contribution in [1.29, 1.82) is 0 Å². The van der Waals surface area contributed by atoms with Crippen molar-refractivity contribution < 1.29 is 14.7 Å². The highest BCUT2D eigenvalue weighted by molar-refractivity contribution is 6.41. The van der Waals surface area contributed by atoms with E-state index in [9.17, 15) is 14.4 Å². The molecular weight excluding hydrogens is 200 g/mol. The predicted molar refractivity (Wildman–Crippen MR) is 50.9 cm³/mol. The van der Waals surface area contributed by atoms with Crippen LogP contribution in [0.25, 0.3) is 11.0 Å². The number of carboxylic acids is 1. The molecule has 0 fully saturated rings. The molecule has 1 aromatic heterocycles. The standard InChI is InChI=1S/C9H6N2O4/c12-7(8(13)14)4-2-1-3-5-6(4)11-9(15)10-5/h1-3H,(H,13,14)(H2,10,11,15). The molecular formula is C9H6N2O4. The third-order valence-electron chi connectivity index (χ3n) is 1.99. The number of aliphatic carboxylic acids is 1. The van der Waals surface area contributed by atoms with Gasteiger partial charge in [0.1, 0.15) is 0 Å². The van der Waals surface area contributed by atoms with Crippen LogP contribution < -0.4 is 5.69 Å². The zero-order chi connectivity index (χ0) is 11.0. The van der Waals surface area contributed by atoms with Crippen molar-refractivity contribution in [3.63, 3.8) is 0 Å². The average Bonchev–Trinajstić information content (AvgIpc) is 2.56. The number of imidazole rings is 1. The number of Topliss-reactive ketones (excluding diaryl/α,β-unsaturated/α-hetero) is 1. The summed E-state index contributed by atoms with van der Waals surface area (Å²) < 4.78 is 0. The first-order valence-corrected chi connectivity index (χ1v) is 4.08. The van der Waals surface area contributed by atoms with Crippen LogP contribution in [-0.2, 0) is 4.79 Å². The van der Waals surface area contributed by atoms with Gasteiger partial charge in [-0.1, -0.05) is 6.07 Å². The highest BCUT2D eigenvalue weighted by atomic mass is 16.4. The molecule has 3 N–H and O–H groups in total. The van der Waals surface area contributed by atoms with E-state index >= 15 is 0 Å². The van der Waals surface area contributed by atoms with Gasteiger partial charge in [-0.15, -0.1) is 0 Å². The molecule has 2 aromatic rings. The van der Waals surface area contributed by atoms with Gasteiger partial charge in [0.15, 0.2) is 0 Å². The molecule has 15 heavy (non-hydrogen) atoms. The summed E-state index contributed by atoms with van der Waals surface area (Å²) in [6.07, 6.45) is 0. The molecule has 0 saturated heterocycles. The highest BCUT2D eigenvalue weighted by Crippen LogP contribution is 2.13. The number of hydrogen-bond donors (Lipinski definition) is 3. The second-order valence-corrected chi connectivity index (χ2v) is 2.94. The minimum absolute atomic E-state index is 0.0293. The fourth-order valence-corrected chi connectivity index (χ4v) is 1.36. The molecule has 0 radical (unpaired) electrons. The minimum atomic E-state index is -1.55. The molecule has 0 spiro atoms. The largest absolute Gasteiger partial charge is 0.475 e. The monoisotopic (exact) mass is 206 g/mol. The van der Waals surface area contributed by atoms with Crippen molar-refractivity contribution in [2.75, 3.05) is 0 Å². The first-order valence-electron chi connectivity index (χ1n) is 4.08. The zero-order valence-corrected chi connectivity index (χ0v) is 7.40. The van der Waals surface area contributed by atoms with E-state index < -0.39 is 17.4 Å². The van der Waals surface area contributed by atoms with Crippen LogP contribution in [0.3, 0.4) is 0 Å². The fourth-order valence-electron chi connectivity index (χ4n) is 1.36. The van der Waals surface area contributed by atoms with Crippen molar-refractivity contribution in [1.82, 2.24) is 9.97 Å². The van der Waals surface area contributed by atoms with Crippen molar-refractivity contribution in [2.24, 2.45) is 0 Å². The second kappa shape index (κ2) is 3.09. The Balaban J connectivity index is 2.76. The number of carbonyl (C=O) groups excluding carboxylic acids is 1. The molecule has 0 aliphatic heterocycles. The van der Waals surface area contributed by atoms with Crippen LogP contribution in [0.1, 0.15) is 10.4 Å². The molecule has 1 aromatic carbocycles. The highest BCUT2D eigenvalue weighted by Gasteiger charge is 2.18. The van der Waals surface area contributed by atoms with Gasteiger partial charge in [0.2, 0.25) is 0 Å². The number of carboxylic acid groups (broad SMARTS) is 1. The van der Waals surface area contributed by atoms with Gasteiger partial charge >= 0.3 is 11.7 Å². The number of rotatable bonds is 2. The lowest BCUT2D eigenvalue weighted by atomic mass is 10.1. The van der Waals surface area contributed by atoms with Crippen LogP contribution in [0.5, 0.6) is 0 Å². The summed E-state index contributed by atoms with van der Waals surface area (Å²) >= 11 is 0. The lowest BCUT2D eigenvalue weighted by molar-refractivity contribution is -0.131. The number of para-hydroxylation sites is 1. The maximum Gasteiger partial charge on any atom is 0.377 e. The molecule has 0 unspecified atom stereocenters. The van der Waals surface area contributed by atoms with Gasteiger partial charge in [-0.25, -0.2) is 9.59 Å². The minimum Gasteiger partial charge on any atom is -0.475 e. The molecule has 1 heterocycles. The summed E-state index contributed by atoms with van der Waals surface area (Å²) in [5.41, 5.74) is 0.121. The number of carbonyl (C=O) groups is 2. The third kappa shape index (κ3) is 1.41. The van der Waals surface area contributed by atoms with Crippen molar-refractivity contribution in [2.45, 2.75) is 0 Å². The predicted octanol–water partition coefficient (Wildman–Crippen LogP) is 0.124. The summed E-state index contributed by atoms with van der Waals surface area (Å²) in [7, 11) is 0. The van der Waals surface area contributed by atoms with Gasteiger partial charge in [-0.2, -0.15) is 0 Å². The van der Waals surface area contributed by atoms with E-state index in [2.05, 4.69) is 9.97 Å². The summed E-state index contributed by atoms with van der Waals surface area (Å²) in [5, 5.41) is 8.55. The molecule has 0 aliphatic rings.